The van der Waals surface area contributed by atoms with E-state index in [1.54, 1.807) is 25.1 Å². The van der Waals surface area contributed by atoms with Gasteiger partial charge in [-0.05, 0) is 36.2 Å². The molecule has 1 unspecified atom stereocenters. The highest BCUT2D eigenvalue weighted by molar-refractivity contribution is 7.32. The molecule has 2 N–H and O–H groups in total. The van der Waals surface area contributed by atoms with Gasteiger partial charge in [0, 0.05) is 16.2 Å². The molecule has 1 aromatic heterocycles. The van der Waals surface area contributed by atoms with Crippen molar-refractivity contribution in [2.24, 2.45) is 0 Å². The Balaban J connectivity index is 1.66. The summed E-state index contributed by atoms with van der Waals surface area (Å²) in [6, 6.07) is 18.8. The number of aromatic nitrogens is 2. The molecular weight excluding hydrogens is 399 g/mol. The maximum absolute atomic E-state index is 10.9. The minimum Gasteiger partial charge on any atom is -0.425 e. The number of benzene rings is 3. The lowest BCUT2D eigenvalue weighted by molar-refractivity contribution is 0.406. The van der Waals surface area contributed by atoms with Crippen molar-refractivity contribution in [1.82, 2.24) is 9.97 Å². The summed E-state index contributed by atoms with van der Waals surface area (Å²) in [5.41, 5.74) is 4.04. The second-order valence-electron chi connectivity index (χ2n) is 6.12. The smallest absolute Gasteiger partial charge is 0.425 e. The molecule has 0 aliphatic carbocycles. The quantitative estimate of drug-likeness (QED) is 0.391. The van der Waals surface area contributed by atoms with Gasteiger partial charge in [-0.2, -0.15) is 4.98 Å². The molecule has 0 aliphatic heterocycles. The lowest BCUT2D eigenvalue weighted by atomic mass is 10.1. The highest BCUT2D eigenvalue weighted by Crippen LogP contribution is 2.34. The van der Waals surface area contributed by atoms with Crippen LogP contribution in [-0.2, 0) is 4.57 Å². The van der Waals surface area contributed by atoms with Gasteiger partial charge in [0.1, 0.15) is 5.75 Å². The highest BCUT2D eigenvalue weighted by atomic mass is 35.5. The van der Waals surface area contributed by atoms with Crippen molar-refractivity contribution >= 4 is 30.9 Å². The van der Waals surface area contributed by atoms with Gasteiger partial charge in [0.15, 0.2) is 5.75 Å². The minimum absolute atomic E-state index is 0.270. The van der Waals surface area contributed by atoms with Crippen LogP contribution in [0.25, 0.3) is 22.2 Å². The summed E-state index contributed by atoms with van der Waals surface area (Å²) in [7, 11) is -2.75. The van der Waals surface area contributed by atoms with Crippen molar-refractivity contribution in [1.29, 1.82) is 0 Å². The first-order valence-electron chi connectivity index (χ1n) is 8.37. The van der Waals surface area contributed by atoms with Crippen molar-refractivity contribution in [2.75, 3.05) is 0 Å². The number of rotatable bonds is 5. The zero-order chi connectivity index (χ0) is 19.7. The number of H-pyrrole nitrogens is 1. The van der Waals surface area contributed by atoms with Gasteiger partial charge in [-0.3, -0.25) is 0 Å². The number of fused-ring (bicyclic) bond motifs is 1. The van der Waals surface area contributed by atoms with Gasteiger partial charge < -0.3 is 9.72 Å². The van der Waals surface area contributed by atoms with Gasteiger partial charge in [0.05, 0.1) is 16.1 Å². The van der Waals surface area contributed by atoms with E-state index in [0.29, 0.717) is 21.9 Å². The van der Waals surface area contributed by atoms with Gasteiger partial charge in [-0.15, -0.1) is 4.89 Å². The van der Waals surface area contributed by atoms with E-state index in [4.69, 9.17) is 25.8 Å². The normalized spacial score (nSPS) is 11.5. The molecular formula is C20H15ClN2O4P+. The van der Waals surface area contributed by atoms with Crippen LogP contribution in [0.15, 0.2) is 60.7 Å². The van der Waals surface area contributed by atoms with E-state index in [1.807, 2.05) is 36.4 Å². The fraction of sp³-hybridized carbons (Fsp3) is 0.0500. The first kappa shape index (κ1) is 18.4. The van der Waals surface area contributed by atoms with Crippen LogP contribution in [0.1, 0.15) is 5.56 Å². The Morgan fingerprint density at radius 3 is 2.64 bits per heavy atom. The third kappa shape index (κ3) is 3.85. The predicted molar refractivity (Wildman–Crippen MR) is 108 cm³/mol. The lowest BCUT2D eigenvalue weighted by Gasteiger charge is -2.04. The molecule has 1 heterocycles. The summed E-state index contributed by atoms with van der Waals surface area (Å²) in [5, 5.41) is 0.603. The van der Waals surface area contributed by atoms with Crippen LogP contribution < -0.4 is 9.26 Å². The van der Waals surface area contributed by atoms with Crippen LogP contribution in [0.3, 0.4) is 0 Å². The third-order valence-electron chi connectivity index (χ3n) is 4.18. The first-order chi connectivity index (χ1) is 13.5. The average Bonchev–Trinajstić information content (AvgIpc) is 3.05. The molecule has 0 saturated heterocycles. The number of hydrogen-bond acceptors (Lipinski definition) is 4. The average molecular weight is 414 g/mol. The van der Waals surface area contributed by atoms with Gasteiger partial charge in [0.2, 0.25) is 0 Å². The maximum atomic E-state index is 10.9. The van der Waals surface area contributed by atoms with Crippen LogP contribution in [0.5, 0.6) is 17.5 Å². The molecule has 3 aromatic carbocycles. The van der Waals surface area contributed by atoms with E-state index < -0.39 is 8.25 Å². The van der Waals surface area contributed by atoms with Crippen molar-refractivity contribution < 1.29 is 18.7 Å². The zero-order valence-corrected chi connectivity index (χ0v) is 16.4. The molecule has 8 heteroatoms. The van der Waals surface area contributed by atoms with Crippen LogP contribution in [-0.4, -0.2) is 14.9 Å². The van der Waals surface area contributed by atoms with E-state index in [1.165, 1.54) is 6.07 Å². The minimum atomic E-state index is -2.75. The van der Waals surface area contributed by atoms with Crippen molar-refractivity contribution in [3.63, 3.8) is 0 Å². The summed E-state index contributed by atoms with van der Waals surface area (Å²) in [6.07, 6.45) is 0. The first-order valence-corrected chi connectivity index (χ1v) is 9.88. The molecule has 0 spiro atoms. The molecule has 1 atom stereocenters. The number of halogens is 1. The lowest BCUT2D eigenvalue weighted by Crippen LogP contribution is -1.89. The summed E-state index contributed by atoms with van der Waals surface area (Å²) in [6.45, 7) is 1.77. The van der Waals surface area contributed by atoms with Crippen molar-refractivity contribution in [3.8, 4) is 28.6 Å². The molecule has 0 bridgehead atoms. The second-order valence-corrected chi connectivity index (χ2v) is 7.18. The topological polar surface area (TPSA) is 84.4 Å². The van der Waals surface area contributed by atoms with Crippen LogP contribution >= 0.6 is 19.9 Å². The summed E-state index contributed by atoms with van der Waals surface area (Å²) >= 11 is 6.44. The fourth-order valence-electron chi connectivity index (χ4n) is 2.83. The zero-order valence-electron chi connectivity index (χ0n) is 14.7. The van der Waals surface area contributed by atoms with Gasteiger partial charge >= 0.3 is 8.25 Å². The molecule has 4 aromatic rings. The third-order valence-corrected chi connectivity index (χ3v) is 4.85. The second kappa shape index (κ2) is 7.60. The van der Waals surface area contributed by atoms with E-state index in [2.05, 4.69) is 9.97 Å². The Morgan fingerprint density at radius 1 is 1.11 bits per heavy atom. The Labute approximate surface area is 166 Å². The maximum Gasteiger partial charge on any atom is 0.747 e. The summed E-state index contributed by atoms with van der Waals surface area (Å²) < 4.78 is 21.6. The van der Waals surface area contributed by atoms with Crippen LogP contribution in [0.2, 0.25) is 5.02 Å². The molecule has 28 heavy (non-hydrogen) atoms. The number of ether oxygens (including phenoxy) is 1. The number of nitrogens with zero attached hydrogens (tertiary/aromatic N) is 1. The largest absolute Gasteiger partial charge is 0.747 e. The van der Waals surface area contributed by atoms with E-state index in [0.717, 1.165) is 16.6 Å². The van der Waals surface area contributed by atoms with E-state index >= 15 is 0 Å². The van der Waals surface area contributed by atoms with E-state index in [9.17, 15) is 4.57 Å². The fourth-order valence-corrected chi connectivity index (χ4v) is 3.47. The Morgan fingerprint density at radius 2 is 1.89 bits per heavy atom. The summed E-state index contributed by atoms with van der Waals surface area (Å²) in [5.74, 6) is 0.692. The van der Waals surface area contributed by atoms with Crippen molar-refractivity contribution in [2.45, 2.75) is 6.92 Å². The van der Waals surface area contributed by atoms with E-state index in [-0.39, 0.29) is 11.8 Å². The Hall–Kier alpha value is -2.92. The molecule has 0 fully saturated rings. The molecule has 0 saturated carbocycles. The molecule has 0 radical (unpaired) electrons. The Kier molecular flexibility index (Phi) is 5.01. The molecule has 0 amide bonds. The number of hydrogen-bond donors (Lipinski definition) is 2. The molecule has 140 valence electrons. The Bertz CT molecular complexity index is 1180. The molecule has 0 aliphatic rings. The van der Waals surface area contributed by atoms with Gasteiger partial charge in [-0.1, -0.05) is 48.0 Å². The molecule has 6 nitrogen and oxygen atoms in total. The predicted octanol–water partition coefficient (Wildman–Crippen LogP) is 6.01. The highest BCUT2D eigenvalue weighted by Gasteiger charge is 2.18. The SMILES string of the molecule is Cc1ccc(Oc2nc3cc(-c4ccccc4)c(Cl)cc3[nH]2)cc1O[P+](=O)O. The summed E-state index contributed by atoms with van der Waals surface area (Å²) in [4.78, 5) is 16.5. The van der Waals surface area contributed by atoms with Crippen molar-refractivity contribution in [3.05, 3.63) is 71.2 Å². The van der Waals surface area contributed by atoms with Crippen LogP contribution in [0.4, 0.5) is 0 Å². The van der Waals surface area contributed by atoms with Gasteiger partial charge in [0.25, 0.3) is 6.01 Å². The monoisotopic (exact) mass is 413 g/mol. The number of nitrogens with one attached hydrogen (secondary N) is 1. The van der Waals surface area contributed by atoms with Crippen LogP contribution in [0, 0.1) is 6.92 Å². The molecule has 4 rings (SSSR count). The standard InChI is InChI=1S/C20H14ClN2O4P/c1-12-7-8-14(9-19(12)27-28(24)25)26-20-22-17-10-15(13-5-3-2-4-6-13)16(21)11-18(17)23-20/h2-11H,1H3,(H-,22,23,24,25)/p+1. The number of aromatic amines is 1. The number of aryl methyl sites for hydroxylation is 1. The number of imidazole rings is 1. The van der Waals surface area contributed by atoms with Gasteiger partial charge in [-0.25, -0.2) is 4.52 Å².